The first-order valence-corrected chi connectivity index (χ1v) is 9.41. The van der Waals surface area contributed by atoms with Crippen LogP contribution < -0.4 is 4.74 Å². The molecule has 2 aliphatic heterocycles. The molecule has 26 heavy (non-hydrogen) atoms. The van der Waals surface area contributed by atoms with Gasteiger partial charge in [0.2, 0.25) is 5.88 Å². The number of piperidine rings is 1. The zero-order chi connectivity index (χ0) is 18.3. The maximum absolute atomic E-state index is 13.3. The van der Waals surface area contributed by atoms with E-state index in [9.17, 15) is 14.3 Å². The third-order valence-corrected chi connectivity index (χ3v) is 5.66. The highest BCUT2D eigenvalue weighted by Gasteiger charge is 2.43. The van der Waals surface area contributed by atoms with Crippen LogP contribution in [-0.4, -0.2) is 39.1 Å². The molecule has 2 fully saturated rings. The highest BCUT2D eigenvalue weighted by Crippen LogP contribution is 2.38. The van der Waals surface area contributed by atoms with Crippen molar-refractivity contribution in [3.05, 3.63) is 52.4 Å². The van der Waals surface area contributed by atoms with Gasteiger partial charge in [0.05, 0.1) is 10.6 Å². The molecule has 4 rings (SSSR count). The van der Waals surface area contributed by atoms with Crippen molar-refractivity contribution in [2.75, 3.05) is 0 Å². The van der Waals surface area contributed by atoms with Gasteiger partial charge in [-0.3, -0.25) is 4.79 Å². The van der Waals surface area contributed by atoms with Crippen LogP contribution in [0.3, 0.4) is 0 Å². The Kier molecular flexibility index (Phi) is 4.67. The van der Waals surface area contributed by atoms with Crippen LogP contribution in [0.25, 0.3) is 0 Å². The fourth-order valence-corrected chi connectivity index (χ4v) is 4.35. The fraction of sp³-hybridized carbons (Fsp3) is 0.368. The molecule has 3 heterocycles. The summed E-state index contributed by atoms with van der Waals surface area (Å²) in [6.45, 7) is 0. The Morgan fingerprint density at radius 1 is 1.27 bits per heavy atom. The number of pyridine rings is 1. The van der Waals surface area contributed by atoms with Crippen LogP contribution in [0.4, 0.5) is 4.39 Å². The lowest BCUT2D eigenvalue weighted by Gasteiger charge is -2.37. The maximum Gasteiger partial charge on any atom is 0.259 e. The average molecular weight is 421 g/mol. The molecule has 0 radical (unpaired) electrons. The zero-order valence-corrected chi connectivity index (χ0v) is 15.5. The van der Waals surface area contributed by atoms with Crippen LogP contribution in [0.15, 0.2) is 41.0 Å². The Morgan fingerprint density at radius 2 is 2.00 bits per heavy atom. The van der Waals surface area contributed by atoms with Gasteiger partial charge in [-0.25, -0.2) is 9.37 Å². The highest BCUT2D eigenvalue weighted by atomic mass is 79.9. The number of aliphatic hydroxyl groups is 1. The van der Waals surface area contributed by atoms with E-state index in [1.54, 1.807) is 18.3 Å². The number of rotatable bonds is 3. The molecular weight excluding hydrogens is 403 g/mol. The van der Waals surface area contributed by atoms with E-state index in [1.807, 2.05) is 4.90 Å². The molecule has 0 saturated carbocycles. The Bertz CT molecular complexity index is 833. The van der Waals surface area contributed by atoms with Crippen LogP contribution in [0.5, 0.6) is 11.6 Å². The molecule has 1 N–H and O–H groups in total. The molecule has 1 aromatic heterocycles. The minimum absolute atomic E-state index is 0.0573. The van der Waals surface area contributed by atoms with Crippen molar-refractivity contribution >= 4 is 21.8 Å². The minimum Gasteiger partial charge on any atom is -0.437 e. The Labute approximate surface area is 158 Å². The summed E-state index contributed by atoms with van der Waals surface area (Å²) in [5.74, 6) is 0.0576. The average Bonchev–Trinajstić information content (AvgIpc) is 2.88. The summed E-state index contributed by atoms with van der Waals surface area (Å²) >= 11 is 3.26. The van der Waals surface area contributed by atoms with E-state index >= 15 is 0 Å². The van der Waals surface area contributed by atoms with Gasteiger partial charge in [-0.05, 0) is 71.9 Å². The molecule has 7 heteroatoms. The van der Waals surface area contributed by atoms with E-state index in [2.05, 4.69) is 20.9 Å². The third kappa shape index (κ3) is 3.21. The molecule has 1 amide bonds. The number of amides is 1. The van der Waals surface area contributed by atoms with Crippen LogP contribution >= 0.6 is 15.9 Å². The van der Waals surface area contributed by atoms with Crippen molar-refractivity contribution in [1.82, 2.24) is 9.88 Å². The van der Waals surface area contributed by atoms with Crippen molar-refractivity contribution in [3.8, 4) is 11.6 Å². The molecule has 136 valence electrons. The van der Waals surface area contributed by atoms with Gasteiger partial charge >= 0.3 is 0 Å². The van der Waals surface area contributed by atoms with E-state index in [-0.39, 0.29) is 35.8 Å². The van der Waals surface area contributed by atoms with Gasteiger partial charge in [0.1, 0.15) is 17.1 Å². The van der Waals surface area contributed by atoms with Crippen LogP contribution in [0.1, 0.15) is 36.0 Å². The first kappa shape index (κ1) is 17.4. The zero-order valence-electron chi connectivity index (χ0n) is 13.9. The molecule has 1 aromatic carbocycles. The standard InChI is InChI=1S/C19H18BrFN2O3/c20-16-8-11(21)3-6-17(16)26-18-15(2-1-7-22-18)19(25)23-12-4-5-13(23)10-14(24)9-12/h1-3,6-8,12-14,24H,4-5,9-10H2. The van der Waals surface area contributed by atoms with Gasteiger partial charge < -0.3 is 14.7 Å². The molecule has 0 aliphatic carbocycles. The summed E-state index contributed by atoms with van der Waals surface area (Å²) in [4.78, 5) is 19.2. The van der Waals surface area contributed by atoms with E-state index in [4.69, 9.17) is 4.74 Å². The Balaban J connectivity index is 1.63. The summed E-state index contributed by atoms with van der Waals surface area (Å²) in [6, 6.07) is 7.57. The van der Waals surface area contributed by atoms with Gasteiger partial charge in [0, 0.05) is 18.3 Å². The van der Waals surface area contributed by atoms with Crippen LogP contribution in [0.2, 0.25) is 0 Å². The van der Waals surface area contributed by atoms with Crippen molar-refractivity contribution in [1.29, 1.82) is 0 Å². The quantitative estimate of drug-likeness (QED) is 0.817. The van der Waals surface area contributed by atoms with Crippen LogP contribution in [0, 0.1) is 5.82 Å². The SMILES string of the molecule is O=C(c1cccnc1Oc1ccc(F)cc1Br)N1C2CCC1CC(O)C2. The Morgan fingerprint density at radius 3 is 2.69 bits per heavy atom. The van der Waals surface area contributed by atoms with Crippen molar-refractivity contribution in [3.63, 3.8) is 0 Å². The van der Waals surface area contributed by atoms with E-state index < -0.39 is 0 Å². The lowest BCUT2D eigenvalue weighted by atomic mass is 9.99. The molecule has 2 bridgehead atoms. The monoisotopic (exact) mass is 420 g/mol. The second-order valence-electron chi connectivity index (χ2n) is 6.76. The summed E-state index contributed by atoms with van der Waals surface area (Å²) in [5, 5.41) is 9.95. The van der Waals surface area contributed by atoms with Gasteiger partial charge in [-0.2, -0.15) is 0 Å². The predicted octanol–water partition coefficient (Wildman–Crippen LogP) is 3.90. The van der Waals surface area contributed by atoms with Gasteiger partial charge in [0.15, 0.2) is 0 Å². The maximum atomic E-state index is 13.3. The number of halogens is 2. The molecule has 5 nitrogen and oxygen atoms in total. The topological polar surface area (TPSA) is 62.7 Å². The summed E-state index contributed by atoms with van der Waals surface area (Å²) in [5.41, 5.74) is 0.372. The molecule has 2 unspecified atom stereocenters. The number of benzene rings is 1. The number of carbonyl (C=O) groups excluding carboxylic acids is 1. The molecule has 2 atom stereocenters. The largest absolute Gasteiger partial charge is 0.437 e. The summed E-state index contributed by atoms with van der Waals surface area (Å²) < 4.78 is 19.5. The third-order valence-electron chi connectivity index (χ3n) is 5.04. The van der Waals surface area contributed by atoms with E-state index in [0.717, 1.165) is 12.8 Å². The molecule has 2 aromatic rings. The summed E-state index contributed by atoms with van der Waals surface area (Å²) in [7, 11) is 0. The smallest absolute Gasteiger partial charge is 0.259 e. The van der Waals surface area contributed by atoms with Gasteiger partial charge in [-0.1, -0.05) is 0 Å². The molecule has 2 saturated heterocycles. The Hall–Kier alpha value is -1.99. The number of carbonyl (C=O) groups is 1. The van der Waals surface area contributed by atoms with Crippen molar-refractivity contribution < 1.29 is 19.0 Å². The number of nitrogens with zero attached hydrogens (tertiary/aromatic N) is 2. The molecule has 0 spiro atoms. The van der Waals surface area contributed by atoms with Crippen molar-refractivity contribution in [2.24, 2.45) is 0 Å². The lowest BCUT2D eigenvalue weighted by molar-refractivity contribution is 0.0285. The first-order valence-electron chi connectivity index (χ1n) is 8.61. The number of hydrogen-bond donors (Lipinski definition) is 1. The molecular formula is C19H18BrFN2O3. The van der Waals surface area contributed by atoms with Crippen LogP contribution in [-0.2, 0) is 0 Å². The second kappa shape index (κ2) is 6.96. The number of aromatic nitrogens is 1. The first-order chi connectivity index (χ1) is 12.5. The van der Waals surface area contributed by atoms with E-state index in [1.165, 1.54) is 18.2 Å². The van der Waals surface area contributed by atoms with Gasteiger partial charge in [-0.15, -0.1) is 0 Å². The van der Waals surface area contributed by atoms with E-state index in [0.29, 0.717) is 28.6 Å². The molecule has 2 aliphatic rings. The highest BCUT2D eigenvalue weighted by molar-refractivity contribution is 9.10. The number of ether oxygens (including phenoxy) is 1. The number of hydrogen-bond acceptors (Lipinski definition) is 4. The second-order valence-corrected chi connectivity index (χ2v) is 7.61. The van der Waals surface area contributed by atoms with Crippen molar-refractivity contribution in [2.45, 2.75) is 43.9 Å². The fourth-order valence-electron chi connectivity index (χ4n) is 3.92. The minimum atomic E-state index is -0.384. The van der Waals surface area contributed by atoms with Gasteiger partial charge in [0.25, 0.3) is 5.91 Å². The predicted molar refractivity (Wildman–Crippen MR) is 96.6 cm³/mol. The normalized spacial score (nSPS) is 24.6. The number of fused-ring (bicyclic) bond motifs is 2. The summed E-state index contributed by atoms with van der Waals surface area (Å²) in [6.07, 6.45) is 4.26. The number of aliphatic hydroxyl groups excluding tert-OH is 1. The lowest BCUT2D eigenvalue weighted by Crippen LogP contribution is -2.48.